The molecule has 111 valence electrons. The van der Waals surface area contributed by atoms with Crippen molar-refractivity contribution in [2.45, 2.75) is 13.8 Å². The van der Waals surface area contributed by atoms with E-state index in [-0.39, 0.29) is 0 Å². The van der Waals surface area contributed by atoms with Crippen LogP contribution >= 0.6 is 0 Å². The van der Waals surface area contributed by atoms with Gasteiger partial charge in [-0.05, 0) is 25.0 Å². The first kappa shape index (κ1) is 19.2. The topological polar surface area (TPSA) is 18.5 Å². The van der Waals surface area contributed by atoms with E-state index in [4.69, 9.17) is 9.31 Å². The van der Waals surface area contributed by atoms with Crippen LogP contribution in [0.1, 0.15) is 13.8 Å². The van der Waals surface area contributed by atoms with Crippen molar-refractivity contribution in [3.05, 3.63) is 85.1 Å². The molecule has 0 unspecified atom stereocenters. The van der Waals surface area contributed by atoms with E-state index in [1.165, 1.54) is 7.69 Å². The second-order valence-corrected chi connectivity index (χ2v) is 4.06. The average molecular weight is 283 g/mol. The Kier molecular flexibility index (Phi) is 13.3. The van der Waals surface area contributed by atoms with Gasteiger partial charge in [-0.25, -0.2) is 0 Å². The van der Waals surface area contributed by atoms with Crippen molar-refractivity contribution in [2.75, 3.05) is 13.2 Å². The summed E-state index contributed by atoms with van der Waals surface area (Å²) in [6.07, 6.45) is 19.0. The van der Waals surface area contributed by atoms with Crippen molar-refractivity contribution >= 4 is 7.69 Å². The molecule has 0 N–H and O–H groups in total. The summed E-state index contributed by atoms with van der Waals surface area (Å²) in [4.78, 5) is 0. The van der Waals surface area contributed by atoms with Crippen molar-refractivity contribution < 1.29 is 9.31 Å². The Morgan fingerprint density at radius 3 is 2.05 bits per heavy atom. The van der Waals surface area contributed by atoms with Crippen molar-refractivity contribution in [1.82, 2.24) is 0 Å². The van der Waals surface area contributed by atoms with E-state index in [0.29, 0.717) is 13.2 Å². The minimum atomic E-state index is 0.424. The van der Waals surface area contributed by atoms with E-state index in [0.717, 1.165) is 11.1 Å². The van der Waals surface area contributed by atoms with Gasteiger partial charge >= 0.3 is 7.69 Å². The molecule has 0 aliphatic carbocycles. The molecule has 0 aliphatic heterocycles. The van der Waals surface area contributed by atoms with Crippen molar-refractivity contribution in [3.8, 4) is 0 Å². The van der Waals surface area contributed by atoms with E-state index in [9.17, 15) is 0 Å². The monoisotopic (exact) mass is 283 g/mol. The van der Waals surface area contributed by atoms with Crippen LogP contribution in [0, 0.1) is 0 Å². The Labute approximate surface area is 129 Å². The summed E-state index contributed by atoms with van der Waals surface area (Å²) in [5, 5.41) is 0. The molecule has 0 aliphatic rings. The molecule has 1 radical (unpaired) electrons. The van der Waals surface area contributed by atoms with E-state index < -0.39 is 0 Å². The zero-order valence-corrected chi connectivity index (χ0v) is 13.0. The highest BCUT2D eigenvalue weighted by molar-refractivity contribution is 6.18. The number of hydrogen-bond donors (Lipinski definition) is 0. The smallest absolute Gasteiger partial charge is 0.409 e. The zero-order valence-electron chi connectivity index (χ0n) is 13.0. The lowest BCUT2D eigenvalue weighted by molar-refractivity contribution is 0.254. The number of rotatable bonds is 11. The lowest BCUT2D eigenvalue weighted by atomic mass is 10.2. The Morgan fingerprint density at radius 2 is 1.52 bits per heavy atom. The fraction of sp³-hybridized carbons (Fsp3) is 0.222. The van der Waals surface area contributed by atoms with Crippen LogP contribution in [-0.2, 0) is 9.31 Å². The van der Waals surface area contributed by atoms with Crippen molar-refractivity contribution in [1.29, 1.82) is 0 Å². The number of allylic oxidation sites excluding steroid dienone is 8. The van der Waals surface area contributed by atoms with Crippen LogP contribution in [0.4, 0.5) is 0 Å². The molecule has 0 saturated carbocycles. The molecule has 0 amide bonds. The standard InChI is InChI=1S/C18H24BO2/c1-5-9-13-17(11-7-3)15-20-19-21-16-18(12-8-4)14-10-6-2/h5-14H,1,3,15-16H2,2,4H3/b10-6-,12-8-,13-9-,17-11+,18-14+. The Hall–Kier alpha value is -1.84. The van der Waals surface area contributed by atoms with Gasteiger partial charge in [0, 0.05) is 0 Å². The van der Waals surface area contributed by atoms with Gasteiger partial charge in [0.2, 0.25) is 0 Å². The first-order valence-corrected chi connectivity index (χ1v) is 6.88. The third kappa shape index (κ3) is 11.7. The molecule has 0 fully saturated rings. The molecular weight excluding hydrogens is 259 g/mol. The van der Waals surface area contributed by atoms with E-state index in [1.807, 2.05) is 62.5 Å². The maximum absolute atomic E-state index is 5.38. The maximum Gasteiger partial charge on any atom is 0.488 e. The predicted octanol–water partition coefficient (Wildman–Crippen LogP) is 4.49. The zero-order chi connectivity index (χ0) is 15.8. The highest BCUT2D eigenvalue weighted by Crippen LogP contribution is 2.01. The van der Waals surface area contributed by atoms with Gasteiger partial charge < -0.3 is 9.31 Å². The minimum absolute atomic E-state index is 0.424. The highest BCUT2D eigenvalue weighted by Gasteiger charge is 1.98. The van der Waals surface area contributed by atoms with Crippen LogP contribution in [0.3, 0.4) is 0 Å². The van der Waals surface area contributed by atoms with Gasteiger partial charge in [0.05, 0.1) is 13.2 Å². The van der Waals surface area contributed by atoms with Gasteiger partial charge in [0.25, 0.3) is 0 Å². The molecule has 0 spiro atoms. The summed E-state index contributed by atoms with van der Waals surface area (Å²) < 4.78 is 10.7. The third-order valence-electron chi connectivity index (χ3n) is 2.30. The van der Waals surface area contributed by atoms with Gasteiger partial charge in [0.15, 0.2) is 0 Å². The van der Waals surface area contributed by atoms with Crippen LogP contribution in [0.2, 0.25) is 0 Å². The largest absolute Gasteiger partial charge is 0.488 e. The molecule has 2 nitrogen and oxygen atoms in total. The number of hydrogen-bond acceptors (Lipinski definition) is 2. The fourth-order valence-corrected chi connectivity index (χ4v) is 1.39. The Morgan fingerprint density at radius 1 is 0.857 bits per heavy atom. The SMILES string of the molecule is C=C/C=C\C(=C/C=C)CO[B]OCC(/C=C\C)=C/C=C\C. The van der Waals surface area contributed by atoms with Gasteiger partial charge in [-0.15, -0.1) is 0 Å². The van der Waals surface area contributed by atoms with E-state index >= 15 is 0 Å². The normalized spacial score (nSPS) is 13.4. The van der Waals surface area contributed by atoms with Crippen LogP contribution in [-0.4, -0.2) is 20.9 Å². The molecule has 0 bridgehead atoms. The minimum Gasteiger partial charge on any atom is -0.409 e. The average Bonchev–Trinajstić information content (AvgIpc) is 2.49. The first-order chi connectivity index (χ1) is 10.3. The van der Waals surface area contributed by atoms with Crippen LogP contribution < -0.4 is 0 Å². The Bertz CT molecular complexity index is 436. The van der Waals surface area contributed by atoms with Crippen LogP contribution in [0.5, 0.6) is 0 Å². The first-order valence-electron chi connectivity index (χ1n) is 6.88. The van der Waals surface area contributed by atoms with Crippen molar-refractivity contribution in [3.63, 3.8) is 0 Å². The predicted molar refractivity (Wildman–Crippen MR) is 93.0 cm³/mol. The second kappa shape index (κ2) is 14.6. The summed E-state index contributed by atoms with van der Waals surface area (Å²) in [7, 11) is 1.37. The summed E-state index contributed by atoms with van der Waals surface area (Å²) in [6.45, 7) is 12.1. The fourth-order valence-electron chi connectivity index (χ4n) is 1.39. The van der Waals surface area contributed by atoms with Gasteiger partial charge in [0.1, 0.15) is 0 Å². The molecule has 21 heavy (non-hydrogen) atoms. The maximum atomic E-state index is 5.38. The lowest BCUT2D eigenvalue weighted by Crippen LogP contribution is -2.08. The molecule has 0 aromatic carbocycles. The molecule has 3 heteroatoms. The molecule has 0 saturated heterocycles. The van der Waals surface area contributed by atoms with Gasteiger partial charge in [-0.2, -0.15) is 0 Å². The summed E-state index contributed by atoms with van der Waals surface area (Å²) in [5.74, 6) is 0. The lowest BCUT2D eigenvalue weighted by Gasteiger charge is -2.05. The second-order valence-electron chi connectivity index (χ2n) is 4.06. The van der Waals surface area contributed by atoms with Crippen LogP contribution in [0.15, 0.2) is 85.1 Å². The van der Waals surface area contributed by atoms with E-state index in [2.05, 4.69) is 13.2 Å². The third-order valence-corrected chi connectivity index (χ3v) is 2.30. The summed E-state index contributed by atoms with van der Waals surface area (Å²) >= 11 is 0. The van der Waals surface area contributed by atoms with Gasteiger partial charge in [-0.3, -0.25) is 0 Å². The summed E-state index contributed by atoms with van der Waals surface area (Å²) in [5.41, 5.74) is 2.06. The highest BCUT2D eigenvalue weighted by atomic mass is 16.6. The molecule has 0 atom stereocenters. The quantitative estimate of drug-likeness (QED) is 0.316. The van der Waals surface area contributed by atoms with Crippen molar-refractivity contribution in [2.24, 2.45) is 0 Å². The molecule has 0 heterocycles. The molecular formula is C18H24BO2. The van der Waals surface area contributed by atoms with Crippen LogP contribution in [0.25, 0.3) is 0 Å². The molecule has 0 aromatic heterocycles. The van der Waals surface area contributed by atoms with Gasteiger partial charge in [-0.1, -0.05) is 73.9 Å². The summed E-state index contributed by atoms with van der Waals surface area (Å²) in [6, 6.07) is 0. The van der Waals surface area contributed by atoms with E-state index in [1.54, 1.807) is 12.2 Å². The molecule has 0 rings (SSSR count). The Balaban J connectivity index is 4.13. The molecule has 0 aromatic rings.